The summed E-state index contributed by atoms with van der Waals surface area (Å²) in [5.74, 6) is 0. The summed E-state index contributed by atoms with van der Waals surface area (Å²) >= 11 is 5.99. The second kappa shape index (κ2) is 5.38. The van der Waals surface area contributed by atoms with Crippen molar-refractivity contribution in [1.82, 2.24) is 10.2 Å². The highest BCUT2D eigenvalue weighted by molar-refractivity contribution is 6.31. The predicted octanol–water partition coefficient (Wildman–Crippen LogP) is 1.62. The highest BCUT2D eigenvalue weighted by atomic mass is 35.5. The number of benzene rings is 1. The van der Waals surface area contributed by atoms with Gasteiger partial charge in [-0.2, -0.15) is 0 Å². The number of rotatable bonds is 2. The van der Waals surface area contributed by atoms with E-state index in [0.717, 1.165) is 5.56 Å². The molecular formula is C12H15ClN2O2. The molecule has 2 N–H and O–H groups in total. The van der Waals surface area contributed by atoms with Gasteiger partial charge in [-0.15, -0.1) is 0 Å². The number of hydrogen-bond acceptors (Lipinski definition) is 2. The fourth-order valence-electron chi connectivity index (χ4n) is 1.85. The predicted molar refractivity (Wildman–Crippen MR) is 65.9 cm³/mol. The fraction of sp³-hybridized carbons (Fsp3) is 0.417. The van der Waals surface area contributed by atoms with Gasteiger partial charge in [0.15, 0.2) is 0 Å². The van der Waals surface area contributed by atoms with E-state index >= 15 is 0 Å². The smallest absolute Gasteiger partial charge is 0.317 e. The number of aliphatic hydroxyl groups excluding tert-OH is 1. The second-order valence-electron chi connectivity index (χ2n) is 4.14. The van der Waals surface area contributed by atoms with Crippen LogP contribution in [0.4, 0.5) is 4.79 Å². The maximum Gasteiger partial charge on any atom is 0.317 e. The average molecular weight is 255 g/mol. The topological polar surface area (TPSA) is 52.6 Å². The minimum atomic E-state index is -0.388. The molecule has 0 radical (unpaired) electrons. The summed E-state index contributed by atoms with van der Waals surface area (Å²) in [6, 6.07) is 7.25. The normalized spacial score (nSPS) is 19.4. The van der Waals surface area contributed by atoms with Gasteiger partial charge in [-0.25, -0.2) is 4.79 Å². The average Bonchev–Trinajstić information content (AvgIpc) is 2.74. The van der Waals surface area contributed by atoms with Crippen LogP contribution in [0.3, 0.4) is 0 Å². The van der Waals surface area contributed by atoms with Crippen molar-refractivity contribution < 1.29 is 9.90 Å². The molecule has 1 atom stereocenters. The quantitative estimate of drug-likeness (QED) is 0.843. The Bertz CT molecular complexity index is 411. The molecule has 1 heterocycles. The summed E-state index contributed by atoms with van der Waals surface area (Å²) in [7, 11) is 0. The summed E-state index contributed by atoms with van der Waals surface area (Å²) in [5.41, 5.74) is 0.891. The molecule has 1 aliphatic rings. The number of urea groups is 1. The Morgan fingerprint density at radius 1 is 1.53 bits per heavy atom. The van der Waals surface area contributed by atoms with Gasteiger partial charge in [-0.3, -0.25) is 0 Å². The molecule has 2 rings (SSSR count). The number of likely N-dealkylation sites (tertiary alicyclic amines) is 1. The highest BCUT2D eigenvalue weighted by Crippen LogP contribution is 2.15. The van der Waals surface area contributed by atoms with Crippen molar-refractivity contribution in [3.05, 3.63) is 34.9 Å². The Hall–Kier alpha value is -1.26. The number of amides is 2. The second-order valence-corrected chi connectivity index (χ2v) is 4.55. The van der Waals surface area contributed by atoms with Gasteiger partial charge in [0.25, 0.3) is 0 Å². The summed E-state index contributed by atoms with van der Waals surface area (Å²) in [4.78, 5) is 13.3. The van der Waals surface area contributed by atoms with Crippen LogP contribution in [0.2, 0.25) is 5.02 Å². The first-order valence-electron chi connectivity index (χ1n) is 5.61. The van der Waals surface area contributed by atoms with Crippen molar-refractivity contribution in [2.45, 2.75) is 19.1 Å². The van der Waals surface area contributed by atoms with Crippen molar-refractivity contribution in [2.24, 2.45) is 0 Å². The van der Waals surface area contributed by atoms with Crippen LogP contribution < -0.4 is 5.32 Å². The summed E-state index contributed by atoms with van der Waals surface area (Å²) < 4.78 is 0. The fourth-order valence-corrected chi connectivity index (χ4v) is 2.05. The first kappa shape index (κ1) is 12.2. The summed E-state index contributed by atoms with van der Waals surface area (Å²) in [6.45, 7) is 1.43. The van der Waals surface area contributed by atoms with Crippen LogP contribution in [0.25, 0.3) is 0 Å². The SMILES string of the molecule is O=C(NCc1ccccc1Cl)N1CC[C@@H](O)C1. The summed E-state index contributed by atoms with van der Waals surface area (Å²) in [6.07, 6.45) is 0.264. The minimum Gasteiger partial charge on any atom is -0.391 e. The maximum absolute atomic E-state index is 11.7. The van der Waals surface area contributed by atoms with Crippen LogP contribution in [0.5, 0.6) is 0 Å². The zero-order chi connectivity index (χ0) is 12.3. The molecule has 92 valence electrons. The molecule has 1 aromatic rings. The van der Waals surface area contributed by atoms with Gasteiger partial charge in [0.1, 0.15) is 0 Å². The van der Waals surface area contributed by atoms with Gasteiger partial charge in [0, 0.05) is 24.7 Å². The number of aliphatic hydroxyl groups is 1. The Morgan fingerprint density at radius 3 is 2.94 bits per heavy atom. The van der Waals surface area contributed by atoms with Crippen molar-refractivity contribution in [3.63, 3.8) is 0 Å². The van der Waals surface area contributed by atoms with E-state index < -0.39 is 0 Å². The monoisotopic (exact) mass is 254 g/mol. The molecule has 1 fully saturated rings. The van der Waals surface area contributed by atoms with Crippen LogP contribution >= 0.6 is 11.6 Å². The van der Waals surface area contributed by atoms with Crippen LogP contribution in [0, 0.1) is 0 Å². The van der Waals surface area contributed by atoms with E-state index in [4.69, 9.17) is 11.6 Å². The molecule has 0 unspecified atom stereocenters. The molecule has 1 saturated heterocycles. The number of carbonyl (C=O) groups excluding carboxylic acids is 1. The van der Waals surface area contributed by atoms with E-state index in [-0.39, 0.29) is 12.1 Å². The molecule has 17 heavy (non-hydrogen) atoms. The number of halogens is 1. The lowest BCUT2D eigenvalue weighted by Crippen LogP contribution is -2.38. The van der Waals surface area contributed by atoms with Gasteiger partial charge in [-0.1, -0.05) is 29.8 Å². The van der Waals surface area contributed by atoms with E-state index in [1.165, 1.54) is 0 Å². The number of nitrogens with one attached hydrogen (secondary N) is 1. The van der Waals surface area contributed by atoms with Gasteiger partial charge in [-0.05, 0) is 18.1 Å². The Labute approximate surface area is 105 Å². The van der Waals surface area contributed by atoms with Crippen LogP contribution in [0.15, 0.2) is 24.3 Å². The van der Waals surface area contributed by atoms with Gasteiger partial charge < -0.3 is 15.3 Å². The standard InChI is InChI=1S/C12H15ClN2O2/c13-11-4-2-1-3-9(11)7-14-12(17)15-6-5-10(16)8-15/h1-4,10,16H,5-8H2,(H,14,17)/t10-/m1/s1. The number of carbonyl (C=O) groups is 1. The first-order chi connectivity index (χ1) is 8.16. The first-order valence-corrected chi connectivity index (χ1v) is 5.99. The van der Waals surface area contributed by atoms with Crippen LogP contribution in [-0.2, 0) is 6.54 Å². The van der Waals surface area contributed by atoms with Gasteiger partial charge >= 0.3 is 6.03 Å². The van der Waals surface area contributed by atoms with E-state index in [1.807, 2.05) is 18.2 Å². The third kappa shape index (κ3) is 3.11. The molecule has 0 aromatic heterocycles. The number of β-amino-alcohol motifs (C(OH)–C–C–N with tert-alkyl or cyclic N) is 1. The Balaban J connectivity index is 1.86. The molecule has 1 aromatic carbocycles. The molecule has 0 spiro atoms. The largest absolute Gasteiger partial charge is 0.391 e. The molecule has 5 heteroatoms. The third-order valence-corrected chi connectivity index (χ3v) is 3.21. The zero-order valence-electron chi connectivity index (χ0n) is 9.40. The number of hydrogen-bond donors (Lipinski definition) is 2. The lowest BCUT2D eigenvalue weighted by molar-refractivity contribution is 0.172. The molecule has 0 saturated carbocycles. The van der Waals surface area contributed by atoms with E-state index in [9.17, 15) is 9.90 Å². The number of nitrogens with zero attached hydrogens (tertiary/aromatic N) is 1. The minimum absolute atomic E-state index is 0.151. The molecule has 1 aliphatic heterocycles. The molecule has 0 bridgehead atoms. The van der Waals surface area contributed by atoms with Crippen molar-refractivity contribution in [2.75, 3.05) is 13.1 Å². The van der Waals surface area contributed by atoms with Crippen LogP contribution in [0.1, 0.15) is 12.0 Å². The molecule has 2 amide bonds. The maximum atomic E-state index is 11.7. The zero-order valence-corrected chi connectivity index (χ0v) is 10.2. The molecule has 0 aliphatic carbocycles. The Morgan fingerprint density at radius 2 is 2.29 bits per heavy atom. The van der Waals surface area contributed by atoms with E-state index in [1.54, 1.807) is 11.0 Å². The van der Waals surface area contributed by atoms with Crippen molar-refractivity contribution in [3.8, 4) is 0 Å². The lowest BCUT2D eigenvalue weighted by atomic mass is 10.2. The summed E-state index contributed by atoms with van der Waals surface area (Å²) in [5, 5.41) is 12.8. The van der Waals surface area contributed by atoms with E-state index in [2.05, 4.69) is 5.32 Å². The van der Waals surface area contributed by atoms with Crippen LogP contribution in [-0.4, -0.2) is 35.2 Å². The Kier molecular flexibility index (Phi) is 3.86. The molecular weight excluding hydrogens is 240 g/mol. The van der Waals surface area contributed by atoms with Gasteiger partial charge in [0.05, 0.1) is 6.10 Å². The van der Waals surface area contributed by atoms with Crippen molar-refractivity contribution >= 4 is 17.6 Å². The van der Waals surface area contributed by atoms with E-state index in [0.29, 0.717) is 31.1 Å². The third-order valence-electron chi connectivity index (χ3n) is 2.84. The molecule has 4 nitrogen and oxygen atoms in total. The highest BCUT2D eigenvalue weighted by Gasteiger charge is 2.24. The van der Waals surface area contributed by atoms with Gasteiger partial charge in [0.2, 0.25) is 0 Å². The van der Waals surface area contributed by atoms with Crippen molar-refractivity contribution in [1.29, 1.82) is 0 Å². The lowest BCUT2D eigenvalue weighted by Gasteiger charge is -2.16.